The Morgan fingerprint density at radius 2 is 2.14 bits per heavy atom. The van der Waals surface area contributed by atoms with E-state index in [9.17, 15) is 4.79 Å². The Morgan fingerprint density at radius 1 is 1.33 bits per heavy atom. The summed E-state index contributed by atoms with van der Waals surface area (Å²) in [6, 6.07) is 6.89. The number of aryl methyl sites for hydroxylation is 2. The molecule has 2 aliphatic rings. The molecule has 2 unspecified atom stereocenters. The van der Waals surface area contributed by atoms with E-state index in [4.69, 9.17) is 0 Å². The normalized spacial score (nSPS) is 24.0. The SMILES string of the molecule is CC1CNCCC1NC(=O)Cc1ccc2c(c1)CCC2.Cl. The highest BCUT2D eigenvalue weighted by Gasteiger charge is 2.22. The third-order valence-electron chi connectivity index (χ3n) is 4.66. The van der Waals surface area contributed by atoms with Gasteiger partial charge in [-0.3, -0.25) is 4.79 Å². The van der Waals surface area contributed by atoms with E-state index in [0.29, 0.717) is 18.4 Å². The monoisotopic (exact) mass is 308 g/mol. The molecule has 1 fully saturated rings. The van der Waals surface area contributed by atoms with E-state index in [1.165, 1.54) is 30.4 Å². The molecule has 1 aliphatic carbocycles. The summed E-state index contributed by atoms with van der Waals surface area (Å²) in [6.07, 6.45) is 5.20. The van der Waals surface area contributed by atoms with Crippen LogP contribution >= 0.6 is 12.4 Å². The molecule has 1 saturated heterocycles. The number of rotatable bonds is 3. The Bertz CT molecular complexity index is 504. The van der Waals surface area contributed by atoms with Crippen molar-refractivity contribution in [1.82, 2.24) is 10.6 Å². The fraction of sp³-hybridized carbons (Fsp3) is 0.588. The van der Waals surface area contributed by atoms with E-state index in [1.807, 2.05) is 0 Å². The first-order valence-electron chi connectivity index (χ1n) is 7.83. The van der Waals surface area contributed by atoms with Crippen LogP contribution in [0.3, 0.4) is 0 Å². The van der Waals surface area contributed by atoms with Crippen molar-refractivity contribution < 1.29 is 4.79 Å². The predicted molar refractivity (Wildman–Crippen MR) is 88.0 cm³/mol. The molecule has 1 aliphatic heterocycles. The first-order valence-corrected chi connectivity index (χ1v) is 7.83. The van der Waals surface area contributed by atoms with Crippen LogP contribution in [-0.2, 0) is 24.1 Å². The third kappa shape index (κ3) is 3.98. The van der Waals surface area contributed by atoms with Crippen molar-refractivity contribution in [3.8, 4) is 0 Å². The van der Waals surface area contributed by atoms with Crippen LogP contribution in [-0.4, -0.2) is 25.0 Å². The Hall–Kier alpha value is -1.06. The second-order valence-electron chi connectivity index (χ2n) is 6.28. The molecule has 3 nitrogen and oxygen atoms in total. The predicted octanol–water partition coefficient (Wildman–Crippen LogP) is 2.25. The molecular weight excluding hydrogens is 284 g/mol. The molecule has 0 aromatic heterocycles. The smallest absolute Gasteiger partial charge is 0.224 e. The minimum Gasteiger partial charge on any atom is -0.353 e. The maximum Gasteiger partial charge on any atom is 0.224 e. The summed E-state index contributed by atoms with van der Waals surface area (Å²) >= 11 is 0. The summed E-state index contributed by atoms with van der Waals surface area (Å²) in [6.45, 7) is 4.21. The number of amides is 1. The lowest BCUT2D eigenvalue weighted by Crippen LogP contribution is -2.48. The van der Waals surface area contributed by atoms with Crippen LogP contribution in [0.25, 0.3) is 0 Å². The zero-order valence-electron chi connectivity index (χ0n) is 12.7. The van der Waals surface area contributed by atoms with Crippen LogP contribution in [0.2, 0.25) is 0 Å². The standard InChI is InChI=1S/C17H24N2O.ClH/c1-12-11-18-8-7-16(12)19-17(20)10-13-5-6-14-3-2-4-15(14)9-13;/h5-6,9,12,16,18H,2-4,7-8,10-11H2,1H3,(H,19,20);1H. The number of hydrogen-bond acceptors (Lipinski definition) is 2. The van der Waals surface area contributed by atoms with Gasteiger partial charge in [-0.2, -0.15) is 0 Å². The lowest BCUT2D eigenvalue weighted by Gasteiger charge is -2.30. The second-order valence-corrected chi connectivity index (χ2v) is 6.28. The van der Waals surface area contributed by atoms with Crippen molar-refractivity contribution in [1.29, 1.82) is 0 Å². The molecule has 0 bridgehead atoms. The Morgan fingerprint density at radius 3 is 2.95 bits per heavy atom. The van der Waals surface area contributed by atoms with Crippen molar-refractivity contribution in [2.24, 2.45) is 5.92 Å². The third-order valence-corrected chi connectivity index (χ3v) is 4.66. The summed E-state index contributed by atoms with van der Waals surface area (Å²) < 4.78 is 0. The number of nitrogens with one attached hydrogen (secondary N) is 2. The zero-order valence-corrected chi connectivity index (χ0v) is 13.5. The van der Waals surface area contributed by atoms with E-state index in [1.54, 1.807) is 0 Å². The van der Waals surface area contributed by atoms with Crippen LogP contribution in [0.4, 0.5) is 0 Å². The first-order chi connectivity index (χ1) is 9.72. The van der Waals surface area contributed by atoms with Crippen LogP contribution < -0.4 is 10.6 Å². The molecule has 0 saturated carbocycles. The van der Waals surface area contributed by atoms with Crippen molar-refractivity contribution in [2.45, 2.75) is 45.1 Å². The summed E-state index contributed by atoms with van der Waals surface area (Å²) in [7, 11) is 0. The number of halogens is 1. The van der Waals surface area contributed by atoms with E-state index < -0.39 is 0 Å². The number of fused-ring (bicyclic) bond motifs is 1. The number of hydrogen-bond donors (Lipinski definition) is 2. The van der Waals surface area contributed by atoms with Crippen LogP contribution in [0, 0.1) is 5.92 Å². The van der Waals surface area contributed by atoms with Gasteiger partial charge < -0.3 is 10.6 Å². The molecule has 0 radical (unpaired) electrons. The number of carbonyl (C=O) groups excluding carboxylic acids is 1. The van der Waals surface area contributed by atoms with Crippen molar-refractivity contribution in [3.05, 3.63) is 34.9 Å². The molecule has 0 spiro atoms. The van der Waals surface area contributed by atoms with Crippen LogP contribution in [0.5, 0.6) is 0 Å². The molecule has 4 heteroatoms. The summed E-state index contributed by atoms with van der Waals surface area (Å²) in [4.78, 5) is 12.2. The highest BCUT2D eigenvalue weighted by molar-refractivity contribution is 5.85. The lowest BCUT2D eigenvalue weighted by atomic mass is 9.95. The molecule has 1 aromatic rings. The molecule has 3 rings (SSSR count). The molecule has 2 atom stereocenters. The average molecular weight is 309 g/mol. The number of carbonyl (C=O) groups is 1. The fourth-order valence-corrected chi connectivity index (χ4v) is 3.41. The average Bonchev–Trinajstić information content (AvgIpc) is 2.89. The fourth-order valence-electron chi connectivity index (χ4n) is 3.41. The maximum absolute atomic E-state index is 12.2. The van der Waals surface area contributed by atoms with Gasteiger partial charge in [0.05, 0.1) is 6.42 Å². The molecule has 2 N–H and O–H groups in total. The van der Waals surface area contributed by atoms with E-state index >= 15 is 0 Å². The van der Waals surface area contributed by atoms with Crippen molar-refractivity contribution in [2.75, 3.05) is 13.1 Å². The van der Waals surface area contributed by atoms with Gasteiger partial charge in [-0.25, -0.2) is 0 Å². The van der Waals surface area contributed by atoms with Gasteiger partial charge >= 0.3 is 0 Å². The topological polar surface area (TPSA) is 41.1 Å². The molecule has 1 amide bonds. The van der Waals surface area contributed by atoms with Gasteiger partial charge in [0.15, 0.2) is 0 Å². The number of benzene rings is 1. The highest BCUT2D eigenvalue weighted by atomic mass is 35.5. The largest absolute Gasteiger partial charge is 0.353 e. The highest BCUT2D eigenvalue weighted by Crippen LogP contribution is 2.23. The van der Waals surface area contributed by atoms with E-state index in [-0.39, 0.29) is 18.3 Å². The van der Waals surface area contributed by atoms with Crippen molar-refractivity contribution in [3.63, 3.8) is 0 Å². The minimum atomic E-state index is 0. The van der Waals surface area contributed by atoms with Gasteiger partial charge in [0, 0.05) is 6.04 Å². The molecule has 1 aromatic carbocycles. The summed E-state index contributed by atoms with van der Waals surface area (Å²) in [5.41, 5.74) is 4.08. The van der Waals surface area contributed by atoms with Gasteiger partial charge in [-0.05, 0) is 61.4 Å². The second kappa shape index (κ2) is 7.28. The Labute approximate surface area is 133 Å². The zero-order chi connectivity index (χ0) is 13.9. The Balaban J connectivity index is 0.00000161. The molecular formula is C17H25ClN2O. The van der Waals surface area contributed by atoms with Gasteiger partial charge in [0.2, 0.25) is 5.91 Å². The molecule has 116 valence electrons. The van der Waals surface area contributed by atoms with Gasteiger partial charge in [0.1, 0.15) is 0 Å². The minimum absolute atomic E-state index is 0. The number of piperidine rings is 1. The molecule has 21 heavy (non-hydrogen) atoms. The van der Waals surface area contributed by atoms with Gasteiger partial charge in [-0.15, -0.1) is 12.4 Å². The lowest BCUT2D eigenvalue weighted by molar-refractivity contribution is -0.121. The van der Waals surface area contributed by atoms with E-state index in [2.05, 4.69) is 35.8 Å². The van der Waals surface area contributed by atoms with Crippen molar-refractivity contribution >= 4 is 18.3 Å². The summed E-state index contributed by atoms with van der Waals surface area (Å²) in [5, 5.41) is 6.57. The quantitative estimate of drug-likeness (QED) is 0.899. The van der Waals surface area contributed by atoms with Crippen LogP contribution in [0.1, 0.15) is 36.5 Å². The van der Waals surface area contributed by atoms with Crippen LogP contribution in [0.15, 0.2) is 18.2 Å². The van der Waals surface area contributed by atoms with E-state index in [0.717, 1.165) is 25.1 Å². The first kappa shape index (κ1) is 16.3. The Kier molecular flexibility index (Phi) is 5.65. The maximum atomic E-state index is 12.2. The van der Waals surface area contributed by atoms with Gasteiger partial charge in [-0.1, -0.05) is 25.1 Å². The van der Waals surface area contributed by atoms with Gasteiger partial charge in [0.25, 0.3) is 0 Å². The molecule has 1 heterocycles. The summed E-state index contributed by atoms with van der Waals surface area (Å²) in [5.74, 6) is 0.689.